The minimum Gasteiger partial charge on any atom is -0.334 e. The van der Waals surface area contributed by atoms with Crippen LogP contribution < -0.4 is 10.4 Å². The molecular formula is C12H11N5O3S. The van der Waals surface area contributed by atoms with E-state index in [1.165, 1.54) is 23.3 Å². The van der Waals surface area contributed by atoms with E-state index in [1.54, 1.807) is 30.5 Å². The zero-order valence-corrected chi connectivity index (χ0v) is 11.5. The van der Waals surface area contributed by atoms with Gasteiger partial charge >= 0.3 is 5.69 Å². The van der Waals surface area contributed by atoms with Crippen LogP contribution in [0, 0.1) is 0 Å². The zero-order valence-electron chi connectivity index (χ0n) is 10.6. The molecule has 3 aromatic rings. The average molecular weight is 305 g/mol. The highest BCUT2D eigenvalue weighted by atomic mass is 32.2. The van der Waals surface area contributed by atoms with Crippen LogP contribution in [-0.2, 0) is 10.0 Å². The van der Waals surface area contributed by atoms with Gasteiger partial charge in [0.2, 0.25) is 0 Å². The van der Waals surface area contributed by atoms with E-state index in [9.17, 15) is 13.2 Å². The Morgan fingerprint density at radius 1 is 1.14 bits per heavy atom. The lowest BCUT2D eigenvalue weighted by Gasteiger charge is -2.07. The molecule has 0 unspecified atom stereocenters. The molecule has 0 aliphatic heterocycles. The Balaban J connectivity index is 1.86. The third kappa shape index (κ3) is 2.58. The number of benzene rings is 1. The highest BCUT2D eigenvalue weighted by molar-refractivity contribution is 7.92. The largest absolute Gasteiger partial charge is 0.334 e. The first-order valence-corrected chi connectivity index (χ1v) is 7.42. The number of sulfonamides is 1. The van der Waals surface area contributed by atoms with Crippen molar-refractivity contribution in [3.05, 3.63) is 59.7 Å². The van der Waals surface area contributed by atoms with Gasteiger partial charge in [0.05, 0.1) is 18.2 Å². The van der Waals surface area contributed by atoms with E-state index in [4.69, 9.17) is 0 Å². The van der Waals surface area contributed by atoms with Crippen LogP contribution in [0.2, 0.25) is 0 Å². The summed E-state index contributed by atoms with van der Waals surface area (Å²) in [4.78, 5) is 20.2. The van der Waals surface area contributed by atoms with Crippen molar-refractivity contribution in [1.82, 2.24) is 19.5 Å². The summed E-state index contributed by atoms with van der Waals surface area (Å²) in [5, 5.41) is -0.0200. The summed E-state index contributed by atoms with van der Waals surface area (Å²) in [6.45, 7) is 0. The van der Waals surface area contributed by atoms with Gasteiger partial charge in [0.25, 0.3) is 10.0 Å². The van der Waals surface area contributed by atoms with Crippen molar-refractivity contribution in [2.45, 2.75) is 5.03 Å². The lowest BCUT2D eigenvalue weighted by molar-refractivity contribution is 0.598. The van der Waals surface area contributed by atoms with Crippen molar-refractivity contribution >= 4 is 15.7 Å². The van der Waals surface area contributed by atoms with Crippen molar-refractivity contribution in [2.24, 2.45) is 0 Å². The number of aromatic amines is 2. The van der Waals surface area contributed by atoms with Crippen LogP contribution in [-0.4, -0.2) is 27.9 Å². The number of nitrogens with one attached hydrogen (secondary N) is 3. The summed E-state index contributed by atoms with van der Waals surface area (Å²) in [5.74, 6) is 0. The SMILES string of the molecule is O=c1[nH]ccn1-c1ccc(NS(=O)(=O)c2cnc[nH]2)cc1. The van der Waals surface area contributed by atoms with Crippen molar-refractivity contribution in [3.63, 3.8) is 0 Å². The molecule has 0 aliphatic carbocycles. The van der Waals surface area contributed by atoms with Crippen LogP contribution in [0.3, 0.4) is 0 Å². The Bertz CT molecular complexity index is 891. The molecule has 0 saturated heterocycles. The van der Waals surface area contributed by atoms with Crippen molar-refractivity contribution < 1.29 is 8.42 Å². The van der Waals surface area contributed by atoms with Crippen molar-refractivity contribution in [1.29, 1.82) is 0 Å². The zero-order chi connectivity index (χ0) is 14.9. The van der Waals surface area contributed by atoms with Crippen molar-refractivity contribution in [3.8, 4) is 5.69 Å². The number of imidazole rings is 2. The third-order valence-corrected chi connectivity index (χ3v) is 4.12. The maximum Gasteiger partial charge on any atom is 0.330 e. The lowest BCUT2D eigenvalue weighted by atomic mass is 10.3. The van der Waals surface area contributed by atoms with Gasteiger partial charge < -0.3 is 9.97 Å². The number of anilines is 1. The van der Waals surface area contributed by atoms with E-state index in [-0.39, 0.29) is 10.7 Å². The summed E-state index contributed by atoms with van der Waals surface area (Å²) in [6, 6.07) is 6.42. The first-order valence-electron chi connectivity index (χ1n) is 5.94. The summed E-state index contributed by atoms with van der Waals surface area (Å²) < 4.78 is 27.8. The molecule has 0 radical (unpaired) electrons. The number of aromatic nitrogens is 4. The molecule has 3 rings (SSSR count). The number of rotatable bonds is 4. The van der Waals surface area contributed by atoms with Crippen molar-refractivity contribution in [2.75, 3.05) is 4.72 Å². The second-order valence-corrected chi connectivity index (χ2v) is 5.85. The van der Waals surface area contributed by atoms with Crippen LogP contribution in [0.25, 0.3) is 5.69 Å². The number of hydrogen-bond acceptors (Lipinski definition) is 4. The predicted molar refractivity (Wildman–Crippen MR) is 75.8 cm³/mol. The van der Waals surface area contributed by atoms with Gasteiger partial charge in [-0.25, -0.2) is 9.78 Å². The van der Waals surface area contributed by atoms with Gasteiger partial charge in [-0.3, -0.25) is 9.29 Å². The summed E-state index contributed by atoms with van der Waals surface area (Å²) in [6.07, 6.45) is 5.62. The normalized spacial score (nSPS) is 11.4. The maximum atomic E-state index is 12.0. The van der Waals surface area contributed by atoms with Gasteiger partial charge in [0.15, 0.2) is 5.03 Å². The summed E-state index contributed by atoms with van der Waals surface area (Å²) in [5.41, 5.74) is 0.753. The second-order valence-electron chi connectivity index (χ2n) is 4.20. The minimum atomic E-state index is -3.69. The molecule has 9 heteroatoms. The molecule has 2 aromatic heterocycles. The Morgan fingerprint density at radius 3 is 2.48 bits per heavy atom. The summed E-state index contributed by atoms with van der Waals surface area (Å²) >= 11 is 0. The van der Waals surface area contributed by atoms with Gasteiger partial charge in [-0.05, 0) is 24.3 Å². The predicted octanol–water partition coefficient (Wildman–Crippen LogP) is 0.689. The first kappa shape index (κ1) is 13.2. The van der Waals surface area contributed by atoms with E-state index in [1.807, 2.05) is 0 Å². The average Bonchev–Trinajstić information content (AvgIpc) is 3.10. The number of H-pyrrole nitrogens is 2. The Kier molecular flexibility index (Phi) is 3.10. The molecule has 1 aromatic carbocycles. The Labute approximate surface area is 119 Å². The molecular weight excluding hydrogens is 294 g/mol. The molecule has 2 heterocycles. The van der Waals surface area contributed by atoms with Gasteiger partial charge in [-0.1, -0.05) is 0 Å². The Morgan fingerprint density at radius 2 is 1.90 bits per heavy atom. The van der Waals surface area contributed by atoms with Gasteiger partial charge in [-0.15, -0.1) is 0 Å². The smallest absolute Gasteiger partial charge is 0.330 e. The van der Waals surface area contributed by atoms with Crippen LogP contribution in [0.15, 0.2) is 59.0 Å². The van der Waals surface area contributed by atoms with Gasteiger partial charge in [0.1, 0.15) is 0 Å². The second kappa shape index (κ2) is 4.94. The van der Waals surface area contributed by atoms with Gasteiger partial charge in [0, 0.05) is 18.1 Å². The fourth-order valence-electron chi connectivity index (χ4n) is 1.81. The molecule has 21 heavy (non-hydrogen) atoms. The minimum absolute atomic E-state index is 0.0200. The molecule has 8 nitrogen and oxygen atoms in total. The topological polar surface area (TPSA) is 113 Å². The van der Waals surface area contributed by atoms with Crippen LogP contribution >= 0.6 is 0 Å². The highest BCUT2D eigenvalue weighted by Crippen LogP contribution is 2.16. The molecule has 0 saturated carbocycles. The van der Waals surface area contributed by atoms with Crippen LogP contribution in [0.5, 0.6) is 0 Å². The van der Waals surface area contributed by atoms with Crippen LogP contribution in [0.4, 0.5) is 5.69 Å². The molecule has 0 atom stereocenters. The van der Waals surface area contributed by atoms with E-state index < -0.39 is 10.0 Å². The monoisotopic (exact) mass is 305 g/mol. The van der Waals surface area contributed by atoms with Crippen LogP contribution in [0.1, 0.15) is 0 Å². The molecule has 0 amide bonds. The maximum absolute atomic E-state index is 12.0. The number of hydrogen-bond donors (Lipinski definition) is 3. The lowest BCUT2D eigenvalue weighted by Crippen LogP contribution is -2.15. The molecule has 3 N–H and O–H groups in total. The Hall–Kier alpha value is -2.81. The molecule has 0 fully saturated rings. The molecule has 0 spiro atoms. The van der Waals surface area contributed by atoms with E-state index in [0.717, 1.165) is 0 Å². The standard InChI is InChI=1S/C12H11N5O3S/c18-12-14-5-6-17(12)10-3-1-9(2-4-10)16-21(19,20)11-7-13-8-15-11/h1-8,16H,(H,13,15)(H,14,18). The molecule has 108 valence electrons. The van der Waals surface area contributed by atoms with Gasteiger partial charge in [-0.2, -0.15) is 8.42 Å². The molecule has 0 aliphatic rings. The van der Waals surface area contributed by atoms with E-state index in [0.29, 0.717) is 11.4 Å². The highest BCUT2D eigenvalue weighted by Gasteiger charge is 2.15. The third-order valence-electron chi connectivity index (χ3n) is 2.81. The number of nitrogens with zero attached hydrogens (tertiary/aromatic N) is 2. The fourth-order valence-corrected chi connectivity index (χ4v) is 2.78. The quantitative estimate of drug-likeness (QED) is 0.658. The first-order chi connectivity index (χ1) is 10.1. The molecule has 0 bridgehead atoms. The summed E-state index contributed by atoms with van der Waals surface area (Å²) in [7, 11) is -3.69. The van der Waals surface area contributed by atoms with E-state index >= 15 is 0 Å². The van der Waals surface area contributed by atoms with E-state index in [2.05, 4.69) is 19.7 Å². The fraction of sp³-hybridized carbons (Fsp3) is 0.